The number of rotatable bonds is 1. The molecular formula is C13H8FN3O. The number of pyridine rings is 1. The summed E-state index contributed by atoms with van der Waals surface area (Å²) in [4.78, 5) is 21.0. The molecule has 0 aliphatic heterocycles. The van der Waals surface area contributed by atoms with Crippen LogP contribution >= 0.6 is 0 Å². The van der Waals surface area contributed by atoms with Gasteiger partial charge in [-0.15, -0.1) is 0 Å². The van der Waals surface area contributed by atoms with Crippen LogP contribution in [0.4, 0.5) is 4.39 Å². The second-order valence-corrected chi connectivity index (χ2v) is 3.82. The average Bonchev–Trinajstić information content (AvgIpc) is 2.41. The largest absolute Gasteiger partial charge is 0.345 e. The van der Waals surface area contributed by atoms with E-state index in [1.54, 1.807) is 18.3 Å². The Morgan fingerprint density at radius 3 is 2.94 bits per heavy atom. The molecule has 5 heteroatoms. The lowest BCUT2D eigenvalue weighted by Gasteiger charge is -2.03. The number of nitrogens with zero attached hydrogens (tertiary/aromatic N) is 2. The Morgan fingerprint density at radius 1 is 1.17 bits per heavy atom. The highest BCUT2D eigenvalue weighted by Gasteiger charge is 2.07. The first-order valence-electron chi connectivity index (χ1n) is 5.34. The van der Waals surface area contributed by atoms with Crippen molar-refractivity contribution in [3.8, 4) is 11.3 Å². The topological polar surface area (TPSA) is 58.6 Å². The predicted molar refractivity (Wildman–Crippen MR) is 65.6 cm³/mol. The van der Waals surface area contributed by atoms with Gasteiger partial charge in [-0.1, -0.05) is 18.2 Å². The maximum absolute atomic E-state index is 13.6. The normalized spacial score (nSPS) is 10.7. The van der Waals surface area contributed by atoms with E-state index in [-0.39, 0.29) is 5.69 Å². The van der Waals surface area contributed by atoms with E-state index in [4.69, 9.17) is 0 Å². The van der Waals surface area contributed by atoms with Crippen LogP contribution in [0.2, 0.25) is 0 Å². The predicted octanol–water partition coefficient (Wildman–Crippen LogP) is 2.12. The van der Waals surface area contributed by atoms with Crippen molar-refractivity contribution in [2.75, 3.05) is 0 Å². The number of hydrogen-bond acceptors (Lipinski definition) is 3. The highest BCUT2D eigenvalue weighted by molar-refractivity contribution is 5.83. The number of nitrogens with one attached hydrogen (secondary N) is 1. The van der Waals surface area contributed by atoms with Crippen LogP contribution in [0.25, 0.3) is 22.2 Å². The molecule has 2 aromatic heterocycles. The van der Waals surface area contributed by atoms with Crippen LogP contribution in [0.1, 0.15) is 0 Å². The van der Waals surface area contributed by atoms with Gasteiger partial charge in [0.05, 0.1) is 17.4 Å². The lowest BCUT2D eigenvalue weighted by atomic mass is 10.1. The maximum Gasteiger partial charge on any atom is 0.345 e. The van der Waals surface area contributed by atoms with E-state index in [0.29, 0.717) is 5.56 Å². The van der Waals surface area contributed by atoms with Crippen LogP contribution in [0, 0.1) is 5.82 Å². The average molecular weight is 241 g/mol. The molecule has 0 bridgehead atoms. The number of hydrogen-bond donors (Lipinski definition) is 1. The van der Waals surface area contributed by atoms with Crippen molar-refractivity contribution >= 4 is 10.9 Å². The summed E-state index contributed by atoms with van der Waals surface area (Å²) >= 11 is 0. The van der Waals surface area contributed by atoms with Crippen LogP contribution in [0.5, 0.6) is 0 Å². The number of H-pyrrole nitrogens is 1. The third kappa shape index (κ3) is 1.75. The molecule has 0 aliphatic carbocycles. The highest BCUT2D eigenvalue weighted by atomic mass is 19.1. The monoisotopic (exact) mass is 241 g/mol. The van der Waals surface area contributed by atoms with Gasteiger partial charge in [0.1, 0.15) is 0 Å². The fourth-order valence-corrected chi connectivity index (χ4v) is 1.81. The quantitative estimate of drug-likeness (QED) is 0.710. The molecule has 0 fully saturated rings. The van der Waals surface area contributed by atoms with E-state index in [1.807, 2.05) is 18.2 Å². The van der Waals surface area contributed by atoms with E-state index < -0.39 is 11.5 Å². The summed E-state index contributed by atoms with van der Waals surface area (Å²) in [7, 11) is 0. The van der Waals surface area contributed by atoms with Crippen molar-refractivity contribution < 1.29 is 4.39 Å². The summed E-state index contributed by atoms with van der Waals surface area (Å²) in [6, 6.07) is 9.03. The van der Waals surface area contributed by atoms with E-state index in [9.17, 15) is 9.18 Å². The summed E-state index contributed by atoms with van der Waals surface area (Å²) in [5, 5.41) is 0.957. The van der Waals surface area contributed by atoms with Gasteiger partial charge in [-0.05, 0) is 12.1 Å². The molecule has 0 amide bonds. The van der Waals surface area contributed by atoms with Crippen LogP contribution < -0.4 is 5.69 Å². The van der Waals surface area contributed by atoms with Gasteiger partial charge in [0.15, 0.2) is 5.82 Å². The molecule has 0 saturated heterocycles. The molecule has 1 aromatic carbocycles. The Labute approximate surface area is 101 Å². The molecule has 3 rings (SSSR count). The minimum Gasteiger partial charge on any atom is -0.303 e. The second kappa shape index (κ2) is 4.03. The Kier molecular flexibility index (Phi) is 2.37. The number of benzene rings is 1. The lowest BCUT2D eigenvalue weighted by molar-refractivity contribution is 0.615. The smallest absolute Gasteiger partial charge is 0.303 e. The van der Waals surface area contributed by atoms with Gasteiger partial charge in [-0.25, -0.2) is 9.18 Å². The third-order valence-corrected chi connectivity index (χ3v) is 2.66. The SMILES string of the molecule is O=c1ncc(F)c(-c2ccc3cccnc3c2)[nH]1. The number of aromatic amines is 1. The van der Waals surface area contributed by atoms with Gasteiger partial charge in [0, 0.05) is 17.1 Å². The molecule has 0 atom stereocenters. The standard InChI is InChI=1S/C13H8FN3O/c14-10-7-16-13(18)17-12(10)9-4-3-8-2-1-5-15-11(8)6-9/h1-7H,(H,16,17,18). The van der Waals surface area contributed by atoms with Crippen LogP contribution in [0.3, 0.4) is 0 Å². The third-order valence-electron chi connectivity index (χ3n) is 2.66. The molecule has 2 heterocycles. The molecule has 0 aliphatic rings. The first kappa shape index (κ1) is 10.6. The highest BCUT2D eigenvalue weighted by Crippen LogP contribution is 2.22. The Morgan fingerprint density at radius 2 is 2.06 bits per heavy atom. The number of aromatic nitrogens is 3. The lowest BCUT2D eigenvalue weighted by Crippen LogP contribution is -2.11. The molecular weight excluding hydrogens is 233 g/mol. The van der Waals surface area contributed by atoms with E-state index in [0.717, 1.165) is 17.1 Å². The van der Waals surface area contributed by atoms with E-state index in [2.05, 4.69) is 15.0 Å². The zero-order valence-electron chi connectivity index (χ0n) is 9.22. The van der Waals surface area contributed by atoms with Gasteiger partial charge in [-0.3, -0.25) is 4.98 Å². The summed E-state index contributed by atoms with van der Waals surface area (Å²) in [6.45, 7) is 0. The van der Waals surface area contributed by atoms with Crippen molar-refractivity contribution in [3.63, 3.8) is 0 Å². The van der Waals surface area contributed by atoms with Crippen molar-refractivity contribution in [3.05, 3.63) is 59.0 Å². The summed E-state index contributed by atoms with van der Waals surface area (Å²) < 4.78 is 13.6. The number of halogens is 1. The Balaban J connectivity index is 2.25. The minimum atomic E-state index is -0.576. The van der Waals surface area contributed by atoms with E-state index in [1.165, 1.54) is 0 Å². The van der Waals surface area contributed by atoms with Gasteiger partial charge >= 0.3 is 5.69 Å². The molecule has 0 spiro atoms. The van der Waals surface area contributed by atoms with Crippen molar-refractivity contribution in [1.82, 2.24) is 15.0 Å². The fraction of sp³-hybridized carbons (Fsp3) is 0. The minimum absolute atomic E-state index is 0.127. The van der Waals surface area contributed by atoms with E-state index >= 15 is 0 Å². The summed E-state index contributed by atoms with van der Waals surface area (Å²) in [6.07, 6.45) is 2.58. The second-order valence-electron chi connectivity index (χ2n) is 3.82. The van der Waals surface area contributed by atoms with Gasteiger partial charge < -0.3 is 4.98 Å². The summed E-state index contributed by atoms with van der Waals surface area (Å²) in [5.41, 5.74) is 0.861. The van der Waals surface area contributed by atoms with Crippen LogP contribution in [-0.4, -0.2) is 15.0 Å². The van der Waals surface area contributed by atoms with Gasteiger partial charge in [0.2, 0.25) is 0 Å². The zero-order valence-corrected chi connectivity index (χ0v) is 9.22. The fourth-order valence-electron chi connectivity index (χ4n) is 1.81. The van der Waals surface area contributed by atoms with Crippen LogP contribution in [-0.2, 0) is 0 Å². The van der Waals surface area contributed by atoms with Gasteiger partial charge in [-0.2, -0.15) is 4.98 Å². The van der Waals surface area contributed by atoms with Crippen LogP contribution in [0.15, 0.2) is 47.5 Å². The first-order valence-corrected chi connectivity index (χ1v) is 5.34. The molecule has 3 aromatic rings. The molecule has 0 saturated carbocycles. The Hall–Kier alpha value is -2.56. The first-order chi connectivity index (χ1) is 8.74. The number of fused-ring (bicyclic) bond motifs is 1. The summed E-state index contributed by atoms with van der Waals surface area (Å²) in [5.74, 6) is -0.565. The molecule has 0 radical (unpaired) electrons. The van der Waals surface area contributed by atoms with Crippen molar-refractivity contribution in [1.29, 1.82) is 0 Å². The van der Waals surface area contributed by atoms with Crippen molar-refractivity contribution in [2.45, 2.75) is 0 Å². The van der Waals surface area contributed by atoms with Crippen molar-refractivity contribution in [2.24, 2.45) is 0 Å². The molecule has 88 valence electrons. The zero-order chi connectivity index (χ0) is 12.5. The molecule has 0 unspecified atom stereocenters. The Bertz CT molecular complexity index is 782. The molecule has 1 N–H and O–H groups in total. The molecule has 18 heavy (non-hydrogen) atoms. The van der Waals surface area contributed by atoms with Gasteiger partial charge in [0.25, 0.3) is 0 Å². The maximum atomic E-state index is 13.6. The molecule has 4 nitrogen and oxygen atoms in total.